The highest BCUT2D eigenvalue weighted by Gasteiger charge is 2.13. The summed E-state index contributed by atoms with van der Waals surface area (Å²) in [6.45, 7) is 0. The molecule has 0 saturated heterocycles. The molecule has 5 heteroatoms. The summed E-state index contributed by atoms with van der Waals surface area (Å²) in [5, 5.41) is 1.29. The van der Waals surface area contributed by atoms with E-state index in [1.54, 1.807) is 30.6 Å². The van der Waals surface area contributed by atoms with E-state index in [-0.39, 0.29) is 0 Å². The van der Waals surface area contributed by atoms with Gasteiger partial charge in [-0.15, -0.1) is 0 Å². The molecular formula is C10H5Cl3N2. The third kappa shape index (κ3) is 2.07. The summed E-state index contributed by atoms with van der Waals surface area (Å²) >= 11 is 17.9. The molecule has 1 aromatic carbocycles. The molecule has 0 atom stereocenters. The molecule has 0 aliphatic rings. The van der Waals surface area contributed by atoms with Crippen LogP contribution in [0.25, 0.3) is 11.4 Å². The van der Waals surface area contributed by atoms with E-state index in [9.17, 15) is 0 Å². The standard InChI is InChI=1S/C10H5Cl3N2/c11-6-2-3-7(12)9(13)8(6)10-14-4-1-5-15-10/h1-5H. The van der Waals surface area contributed by atoms with Crippen LogP contribution in [0.5, 0.6) is 0 Å². The van der Waals surface area contributed by atoms with Crippen molar-refractivity contribution in [3.8, 4) is 11.4 Å². The number of rotatable bonds is 1. The van der Waals surface area contributed by atoms with Crippen LogP contribution in [0.3, 0.4) is 0 Å². The molecule has 0 spiro atoms. The largest absolute Gasteiger partial charge is 0.236 e. The second-order valence-corrected chi connectivity index (χ2v) is 3.98. The van der Waals surface area contributed by atoms with E-state index >= 15 is 0 Å². The molecule has 0 aliphatic carbocycles. The summed E-state index contributed by atoms with van der Waals surface area (Å²) in [4.78, 5) is 8.15. The van der Waals surface area contributed by atoms with Gasteiger partial charge < -0.3 is 0 Å². The monoisotopic (exact) mass is 258 g/mol. The van der Waals surface area contributed by atoms with Gasteiger partial charge in [-0.3, -0.25) is 0 Å². The Bertz CT molecular complexity index is 486. The van der Waals surface area contributed by atoms with Gasteiger partial charge in [0.2, 0.25) is 0 Å². The van der Waals surface area contributed by atoms with Crippen LogP contribution in [-0.2, 0) is 0 Å². The Kier molecular flexibility index (Phi) is 3.10. The van der Waals surface area contributed by atoms with Gasteiger partial charge in [-0.05, 0) is 18.2 Å². The average Bonchev–Trinajstić information content (AvgIpc) is 2.26. The fourth-order valence-corrected chi connectivity index (χ4v) is 1.86. The molecule has 0 amide bonds. The van der Waals surface area contributed by atoms with Gasteiger partial charge in [-0.2, -0.15) is 0 Å². The van der Waals surface area contributed by atoms with Crippen LogP contribution < -0.4 is 0 Å². The van der Waals surface area contributed by atoms with Gasteiger partial charge in [-0.25, -0.2) is 9.97 Å². The predicted octanol–water partition coefficient (Wildman–Crippen LogP) is 4.10. The van der Waals surface area contributed by atoms with Crippen molar-refractivity contribution in [3.05, 3.63) is 45.7 Å². The number of benzene rings is 1. The number of nitrogens with zero attached hydrogens (tertiary/aromatic N) is 2. The lowest BCUT2D eigenvalue weighted by Crippen LogP contribution is -1.89. The quantitative estimate of drug-likeness (QED) is 0.721. The molecule has 2 rings (SSSR count). The first-order chi connectivity index (χ1) is 7.20. The van der Waals surface area contributed by atoms with Gasteiger partial charge in [0.1, 0.15) is 0 Å². The third-order valence-corrected chi connectivity index (χ3v) is 2.95. The van der Waals surface area contributed by atoms with Crippen molar-refractivity contribution < 1.29 is 0 Å². The minimum absolute atomic E-state index is 0.371. The van der Waals surface area contributed by atoms with Crippen molar-refractivity contribution in [2.75, 3.05) is 0 Å². The highest BCUT2D eigenvalue weighted by molar-refractivity contribution is 6.45. The molecule has 15 heavy (non-hydrogen) atoms. The van der Waals surface area contributed by atoms with E-state index in [1.807, 2.05) is 0 Å². The Hall–Kier alpha value is -0.830. The van der Waals surface area contributed by atoms with Crippen molar-refractivity contribution in [2.24, 2.45) is 0 Å². The first-order valence-electron chi connectivity index (χ1n) is 4.11. The maximum atomic E-state index is 6.04. The Balaban J connectivity index is 2.68. The number of aromatic nitrogens is 2. The molecule has 0 aliphatic heterocycles. The summed E-state index contributed by atoms with van der Waals surface area (Å²) < 4.78 is 0. The Morgan fingerprint density at radius 3 is 2.13 bits per heavy atom. The summed E-state index contributed by atoms with van der Waals surface area (Å²) in [6, 6.07) is 5.02. The fraction of sp³-hybridized carbons (Fsp3) is 0. The molecule has 2 aromatic rings. The maximum Gasteiger partial charge on any atom is 0.162 e. The van der Waals surface area contributed by atoms with Crippen molar-refractivity contribution in [1.82, 2.24) is 9.97 Å². The molecule has 0 N–H and O–H groups in total. The van der Waals surface area contributed by atoms with Gasteiger partial charge in [0.25, 0.3) is 0 Å². The molecule has 0 fully saturated rings. The van der Waals surface area contributed by atoms with Gasteiger partial charge in [0, 0.05) is 12.4 Å². The lowest BCUT2D eigenvalue weighted by Gasteiger charge is -2.06. The third-order valence-electron chi connectivity index (χ3n) is 1.83. The normalized spacial score (nSPS) is 10.3. The van der Waals surface area contributed by atoms with E-state index in [0.29, 0.717) is 26.5 Å². The van der Waals surface area contributed by atoms with Crippen molar-refractivity contribution in [1.29, 1.82) is 0 Å². The van der Waals surface area contributed by atoms with Crippen LogP contribution in [0.1, 0.15) is 0 Å². The van der Waals surface area contributed by atoms with Crippen LogP contribution in [0.15, 0.2) is 30.6 Å². The van der Waals surface area contributed by atoms with Crippen molar-refractivity contribution in [2.45, 2.75) is 0 Å². The first kappa shape index (κ1) is 10.7. The summed E-state index contributed by atoms with van der Waals surface area (Å²) in [6.07, 6.45) is 3.24. The molecule has 0 bridgehead atoms. The number of halogens is 3. The molecule has 1 aromatic heterocycles. The minimum atomic E-state index is 0.371. The van der Waals surface area contributed by atoms with E-state index in [1.165, 1.54) is 0 Å². The fourth-order valence-electron chi connectivity index (χ4n) is 1.16. The Morgan fingerprint density at radius 2 is 1.47 bits per heavy atom. The molecule has 0 saturated carbocycles. The lowest BCUT2D eigenvalue weighted by molar-refractivity contribution is 1.18. The molecule has 2 nitrogen and oxygen atoms in total. The van der Waals surface area contributed by atoms with E-state index in [4.69, 9.17) is 34.8 Å². The van der Waals surface area contributed by atoms with Crippen LogP contribution in [0.2, 0.25) is 15.1 Å². The SMILES string of the molecule is Clc1ccc(Cl)c(-c2ncccn2)c1Cl. The molecular weight excluding hydrogens is 254 g/mol. The smallest absolute Gasteiger partial charge is 0.162 e. The first-order valence-corrected chi connectivity index (χ1v) is 5.24. The summed E-state index contributed by atoms with van der Waals surface area (Å²) in [7, 11) is 0. The van der Waals surface area contributed by atoms with Crippen molar-refractivity contribution >= 4 is 34.8 Å². The number of hydrogen-bond acceptors (Lipinski definition) is 2. The summed E-state index contributed by atoms with van der Waals surface area (Å²) in [5.74, 6) is 0.468. The number of hydrogen-bond donors (Lipinski definition) is 0. The zero-order valence-corrected chi connectivity index (χ0v) is 9.68. The zero-order chi connectivity index (χ0) is 10.8. The van der Waals surface area contributed by atoms with Crippen molar-refractivity contribution in [3.63, 3.8) is 0 Å². The molecule has 76 valence electrons. The molecule has 1 heterocycles. The van der Waals surface area contributed by atoms with Crippen LogP contribution in [0, 0.1) is 0 Å². The second-order valence-electron chi connectivity index (χ2n) is 2.79. The van der Waals surface area contributed by atoms with E-state index < -0.39 is 0 Å². The summed E-state index contributed by atoms with van der Waals surface area (Å²) in [5.41, 5.74) is 0.562. The minimum Gasteiger partial charge on any atom is -0.236 e. The van der Waals surface area contributed by atoms with Gasteiger partial charge in [-0.1, -0.05) is 34.8 Å². The van der Waals surface area contributed by atoms with Gasteiger partial charge in [0.15, 0.2) is 5.82 Å². The highest BCUT2D eigenvalue weighted by atomic mass is 35.5. The van der Waals surface area contributed by atoms with E-state index in [2.05, 4.69) is 9.97 Å². The van der Waals surface area contributed by atoms with E-state index in [0.717, 1.165) is 0 Å². The zero-order valence-electron chi connectivity index (χ0n) is 7.42. The second kappa shape index (κ2) is 4.35. The van der Waals surface area contributed by atoms with Gasteiger partial charge >= 0.3 is 0 Å². The predicted molar refractivity (Wildman–Crippen MR) is 62.5 cm³/mol. The molecule has 0 unspecified atom stereocenters. The molecule has 0 radical (unpaired) electrons. The Morgan fingerprint density at radius 1 is 0.867 bits per heavy atom. The highest BCUT2D eigenvalue weighted by Crippen LogP contribution is 2.36. The van der Waals surface area contributed by atoms with Crippen LogP contribution in [0.4, 0.5) is 0 Å². The van der Waals surface area contributed by atoms with Gasteiger partial charge in [0.05, 0.1) is 20.6 Å². The Labute approximate surface area is 102 Å². The van der Waals surface area contributed by atoms with Crippen LogP contribution in [-0.4, -0.2) is 9.97 Å². The topological polar surface area (TPSA) is 25.8 Å². The van der Waals surface area contributed by atoms with Crippen LogP contribution >= 0.6 is 34.8 Å². The lowest BCUT2D eigenvalue weighted by atomic mass is 10.2. The maximum absolute atomic E-state index is 6.04. The average molecular weight is 260 g/mol.